The molecule has 0 heterocycles. The number of rotatable bonds is 2. The van der Waals surface area contributed by atoms with Crippen LogP contribution < -0.4 is 24.8 Å². The first-order valence-electron chi connectivity index (χ1n) is 10.8. The van der Waals surface area contributed by atoms with Gasteiger partial charge in [-0.2, -0.15) is 11.1 Å². The van der Waals surface area contributed by atoms with Crippen molar-refractivity contribution in [1.29, 1.82) is 0 Å². The fourth-order valence-electron chi connectivity index (χ4n) is 3.52. The largest absolute Gasteiger partial charge is 1.00 e. The van der Waals surface area contributed by atoms with Crippen LogP contribution in [-0.4, -0.2) is 5.43 Å². The molecule has 0 saturated heterocycles. The van der Waals surface area contributed by atoms with Crippen LogP contribution in [0.2, 0.25) is 13.1 Å². The molecule has 0 spiro atoms. The summed E-state index contributed by atoms with van der Waals surface area (Å²) in [5.41, 5.74) is 8.52. The maximum absolute atomic E-state index is 3.36. The normalized spacial score (nSPS) is 14.3. The summed E-state index contributed by atoms with van der Waals surface area (Å²) in [7, 11) is 0. The predicted molar refractivity (Wildman–Crippen MR) is 132 cm³/mol. The van der Waals surface area contributed by atoms with Crippen LogP contribution in [0.15, 0.2) is 77.4 Å². The molecule has 3 aromatic carbocycles. The summed E-state index contributed by atoms with van der Waals surface area (Å²) in [4.78, 5) is 0. The summed E-state index contributed by atoms with van der Waals surface area (Å²) in [6.07, 6.45) is 4.45. The molecule has 1 atom stereocenters. The van der Waals surface area contributed by atoms with Crippen LogP contribution in [0.5, 0.6) is 0 Å². The zero-order chi connectivity index (χ0) is 22.3. The second kappa shape index (κ2) is 15.2. The number of benzene rings is 2. The Hall–Kier alpha value is -0.790. The van der Waals surface area contributed by atoms with E-state index in [2.05, 4.69) is 114 Å². The van der Waals surface area contributed by atoms with Crippen LogP contribution >= 0.6 is 0 Å². The molecule has 4 heteroatoms. The minimum atomic E-state index is 0. The summed E-state index contributed by atoms with van der Waals surface area (Å²) in [5, 5.41) is 2.67. The molecule has 4 rings (SSSR count). The van der Waals surface area contributed by atoms with Crippen LogP contribution in [0.25, 0.3) is 21.9 Å². The molecule has 0 amide bonds. The van der Waals surface area contributed by atoms with Crippen LogP contribution in [0.4, 0.5) is 0 Å². The Kier molecular flexibility index (Phi) is 14.8. The van der Waals surface area contributed by atoms with Crippen molar-refractivity contribution in [3.63, 3.8) is 0 Å². The Balaban J connectivity index is 0.000000547. The third kappa shape index (κ3) is 8.86. The Bertz CT molecular complexity index is 1070. The average Bonchev–Trinajstić information content (AvgIpc) is 3.25. The molecule has 32 heavy (non-hydrogen) atoms. The molecule has 0 bridgehead atoms. The van der Waals surface area contributed by atoms with Crippen LogP contribution in [-0.2, 0) is 29.8 Å². The van der Waals surface area contributed by atoms with Gasteiger partial charge in [0.05, 0.1) is 0 Å². The van der Waals surface area contributed by atoms with Gasteiger partial charge in [0.25, 0.3) is 0 Å². The zero-order valence-corrected chi connectivity index (χ0v) is 25.3. The monoisotopic (exact) mass is 558 g/mol. The second-order valence-corrected chi connectivity index (χ2v) is 17.6. The Labute approximate surface area is 223 Å². The fraction of sp³-hybridized carbons (Fsp3) is 0.321. The first-order chi connectivity index (χ1) is 14.2. The zero-order valence-electron chi connectivity index (χ0n) is 20.3. The minimum absolute atomic E-state index is 0. The number of hydrogen-bond donors (Lipinski definition) is 0. The van der Waals surface area contributed by atoms with E-state index in [9.17, 15) is 0 Å². The van der Waals surface area contributed by atoms with Crippen LogP contribution in [0, 0.1) is 12.0 Å². The van der Waals surface area contributed by atoms with Gasteiger partial charge in [-0.25, -0.2) is 5.57 Å². The van der Waals surface area contributed by atoms with Crippen molar-refractivity contribution in [3.05, 3.63) is 89.0 Å². The van der Waals surface area contributed by atoms with E-state index in [1.165, 1.54) is 44.2 Å². The molecule has 1 aliphatic carbocycles. The maximum Gasteiger partial charge on any atom is -1.00 e. The van der Waals surface area contributed by atoms with E-state index in [0.29, 0.717) is 5.92 Å². The molecule has 0 aliphatic heterocycles. The number of aryl methyl sites for hydroxylation is 1. The van der Waals surface area contributed by atoms with Gasteiger partial charge in [0.2, 0.25) is 0 Å². The molecule has 3 aromatic rings. The Morgan fingerprint density at radius 2 is 1.62 bits per heavy atom. The van der Waals surface area contributed by atoms with Gasteiger partial charge in [0, 0.05) is 0 Å². The third-order valence-electron chi connectivity index (χ3n) is 5.56. The summed E-state index contributed by atoms with van der Waals surface area (Å²) in [6, 6.07) is 21.8. The van der Waals surface area contributed by atoms with Crippen molar-refractivity contribution in [3.8, 4) is 11.1 Å². The minimum Gasteiger partial charge on any atom is -1.00 e. The molecule has 0 aromatic heterocycles. The molecule has 170 valence electrons. The van der Waals surface area contributed by atoms with E-state index in [0.717, 1.165) is 6.42 Å². The average molecular weight is 561 g/mol. The molecule has 0 fully saturated rings. The van der Waals surface area contributed by atoms with E-state index in [-0.39, 0.29) is 30.2 Å². The molecule has 0 N–H and O–H groups in total. The van der Waals surface area contributed by atoms with Crippen molar-refractivity contribution < 1.29 is 48.1 Å². The van der Waals surface area contributed by atoms with E-state index in [1.807, 2.05) is 0 Å². The Morgan fingerprint density at radius 1 is 1.00 bits per heavy atom. The fourth-order valence-corrected chi connectivity index (χ4v) is 3.52. The van der Waals surface area contributed by atoms with E-state index in [1.54, 1.807) is 23.3 Å². The molecule has 0 nitrogen and oxygen atoms in total. The topological polar surface area (TPSA) is 0 Å². The quantitative estimate of drug-likeness (QED) is 0.334. The van der Waals surface area contributed by atoms with Gasteiger partial charge in [0.1, 0.15) is 0 Å². The molecule has 1 aliphatic rings. The predicted octanol–water partition coefficient (Wildman–Crippen LogP) is 2.30. The molecular weight excluding hydrogens is 527 g/mol. The number of fused-ring (bicyclic) bond motifs is 1. The molecule has 0 radical (unpaired) electrons. The number of halogens is 2. The van der Waals surface area contributed by atoms with E-state index >= 15 is 0 Å². The summed E-state index contributed by atoms with van der Waals surface area (Å²) in [5.74, 6) is 0.560. The van der Waals surface area contributed by atoms with Crippen molar-refractivity contribution in [2.75, 3.05) is 0 Å². The van der Waals surface area contributed by atoms with Crippen molar-refractivity contribution in [2.24, 2.45) is 5.92 Å². The standard InChI is InChI=1S/C17H15.C9H13.C2H6Si.2ClH.Zr/c1-2-13-6-5-8-15(12-13)17-11-10-14-7-3-4-9-16(14)17;1-6-5-7(2)9(4)8(6)3;1-3-2;;;/h3-12H,2H2,1H3;6H,1-4H3;1-2H3;2*1H;/q2*-1;;;;+2/p-2. The Morgan fingerprint density at radius 3 is 2.12 bits per heavy atom. The SMILES string of the molecule is CC1=[C-]C(C)C(C)=C1C.CCc1cccc(-c2c[cH-]c3ccccc23)c1.C[Si](C)=[Zr+2].[Cl-].[Cl-]. The first kappa shape index (κ1) is 31.2. The van der Waals surface area contributed by atoms with Gasteiger partial charge in [0.15, 0.2) is 0 Å². The van der Waals surface area contributed by atoms with Crippen LogP contribution in [0.1, 0.15) is 40.2 Å². The smallest absolute Gasteiger partial charge is 1.00 e. The number of allylic oxidation sites excluding steroid dienone is 4. The first-order valence-corrected chi connectivity index (χ1v) is 17.0. The van der Waals surface area contributed by atoms with Gasteiger partial charge in [-0.05, 0) is 12.0 Å². The molecule has 0 saturated carbocycles. The van der Waals surface area contributed by atoms with Crippen molar-refractivity contribution >= 4 is 16.2 Å². The van der Waals surface area contributed by atoms with Crippen LogP contribution in [0.3, 0.4) is 0 Å². The second-order valence-electron chi connectivity index (χ2n) is 8.19. The van der Waals surface area contributed by atoms with Gasteiger partial charge in [-0.15, -0.1) is 53.6 Å². The van der Waals surface area contributed by atoms with Gasteiger partial charge in [-0.3, -0.25) is 6.08 Å². The third-order valence-corrected chi connectivity index (χ3v) is 5.56. The van der Waals surface area contributed by atoms with Gasteiger partial charge >= 0.3 is 41.9 Å². The summed E-state index contributed by atoms with van der Waals surface area (Å²) in [6.45, 7) is 15.5. The molecule has 1 unspecified atom stereocenters. The summed E-state index contributed by atoms with van der Waals surface area (Å²) >= 11 is 1.74. The van der Waals surface area contributed by atoms with E-state index < -0.39 is 0 Å². The molecular formula is C28H34Cl2SiZr-2. The maximum atomic E-state index is 3.36. The summed E-state index contributed by atoms with van der Waals surface area (Å²) < 4.78 is 0. The number of hydrogen-bond acceptors (Lipinski definition) is 0. The van der Waals surface area contributed by atoms with Crippen molar-refractivity contribution in [2.45, 2.75) is 54.1 Å². The van der Waals surface area contributed by atoms with Gasteiger partial charge in [-0.1, -0.05) is 69.5 Å². The van der Waals surface area contributed by atoms with E-state index in [4.69, 9.17) is 0 Å². The van der Waals surface area contributed by atoms with Crippen molar-refractivity contribution in [1.82, 2.24) is 0 Å². The van der Waals surface area contributed by atoms with Gasteiger partial charge < -0.3 is 24.8 Å².